The molecule has 0 saturated carbocycles. The molecular weight excluding hydrogens is 466 g/mol. The van der Waals surface area contributed by atoms with E-state index < -0.39 is 0 Å². The summed E-state index contributed by atoms with van der Waals surface area (Å²) < 4.78 is 21.0. The van der Waals surface area contributed by atoms with Crippen LogP contribution in [0.3, 0.4) is 0 Å². The van der Waals surface area contributed by atoms with E-state index in [0.29, 0.717) is 35.1 Å². The van der Waals surface area contributed by atoms with Crippen molar-refractivity contribution in [2.45, 2.75) is 12.8 Å². The average Bonchev–Trinajstić information content (AvgIpc) is 3.13. The second kappa shape index (κ2) is 10.2. The zero-order valence-electron chi connectivity index (χ0n) is 17.4. The third-order valence-corrected chi connectivity index (χ3v) is 5.06. The summed E-state index contributed by atoms with van der Waals surface area (Å²) in [5, 5.41) is 2.88. The molecular formula is C23H22BrNO6. The molecule has 0 unspecified atom stereocenters. The lowest BCUT2D eigenvalue weighted by Gasteiger charge is -2.14. The van der Waals surface area contributed by atoms with Crippen molar-refractivity contribution in [3.63, 3.8) is 0 Å². The molecule has 0 saturated heterocycles. The van der Waals surface area contributed by atoms with Gasteiger partial charge in [0, 0.05) is 28.7 Å². The van der Waals surface area contributed by atoms with Crippen LogP contribution in [0.15, 0.2) is 58.8 Å². The number of nitrogens with one attached hydrogen (secondary N) is 1. The maximum Gasteiger partial charge on any atom is 0.336 e. The fourth-order valence-electron chi connectivity index (χ4n) is 3.20. The van der Waals surface area contributed by atoms with E-state index in [9.17, 15) is 9.59 Å². The number of carbonyl (C=O) groups is 2. The van der Waals surface area contributed by atoms with Crippen molar-refractivity contribution in [1.82, 2.24) is 0 Å². The van der Waals surface area contributed by atoms with Gasteiger partial charge < -0.3 is 24.3 Å². The molecule has 31 heavy (non-hydrogen) atoms. The van der Waals surface area contributed by atoms with Crippen LogP contribution in [0.5, 0.6) is 17.2 Å². The quantitative estimate of drug-likeness (QED) is 0.563. The van der Waals surface area contributed by atoms with Gasteiger partial charge in [0.1, 0.15) is 5.76 Å². The number of methoxy groups -OCH3 is 3. The minimum absolute atomic E-state index is 0.143. The van der Waals surface area contributed by atoms with E-state index in [-0.39, 0.29) is 18.3 Å². The van der Waals surface area contributed by atoms with Crippen molar-refractivity contribution in [2.24, 2.45) is 0 Å². The topological polar surface area (TPSA) is 83.1 Å². The lowest BCUT2D eigenvalue weighted by molar-refractivity contribution is -0.132. The van der Waals surface area contributed by atoms with Crippen molar-refractivity contribution in [2.75, 3.05) is 26.6 Å². The van der Waals surface area contributed by atoms with Crippen LogP contribution in [0, 0.1) is 0 Å². The molecule has 1 heterocycles. The minimum Gasteiger partial charge on any atom is -0.493 e. The highest BCUT2D eigenvalue weighted by Gasteiger charge is 2.20. The average molecular weight is 488 g/mol. The molecule has 0 aliphatic carbocycles. The van der Waals surface area contributed by atoms with Gasteiger partial charge >= 0.3 is 5.97 Å². The predicted molar refractivity (Wildman–Crippen MR) is 120 cm³/mol. The Morgan fingerprint density at radius 2 is 1.68 bits per heavy atom. The number of amides is 1. The molecule has 0 radical (unpaired) electrons. The van der Waals surface area contributed by atoms with E-state index in [1.54, 1.807) is 17.1 Å². The number of carbonyl (C=O) groups excluding carboxylic acids is 2. The van der Waals surface area contributed by atoms with Crippen LogP contribution in [0.25, 0.3) is 0 Å². The Bertz CT molecular complexity index is 1020. The molecule has 1 aliphatic rings. The highest BCUT2D eigenvalue weighted by atomic mass is 79.9. The summed E-state index contributed by atoms with van der Waals surface area (Å²) in [7, 11) is 4.59. The zero-order valence-corrected chi connectivity index (χ0v) is 18.9. The van der Waals surface area contributed by atoms with Gasteiger partial charge in [0.15, 0.2) is 11.5 Å². The van der Waals surface area contributed by atoms with E-state index >= 15 is 0 Å². The number of hydrogen-bond donors (Lipinski definition) is 1. The fraction of sp³-hybridized carbons (Fsp3) is 0.217. The van der Waals surface area contributed by atoms with Crippen LogP contribution in [0.1, 0.15) is 11.1 Å². The van der Waals surface area contributed by atoms with Gasteiger partial charge in [-0.25, -0.2) is 4.79 Å². The van der Waals surface area contributed by atoms with Crippen molar-refractivity contribution < 1.29 is 28.5 Å². The van der Waals surface area contributed by atoms with E-state index in [1.165, 1.54) is 27.4 Å². The zero-order chi connectivity index (χ0) is 22.4. The monoisotopic (exact) mass is 487 g/mol. The number of hydrogen-bond acceptors (Lipinski definition) is 6. The molecule has 162 valence electrons. The first kappa shape index (κ1) is 22.4. The molecule has 1 amide bonds. The van der Waals surface area contributed by atoms with Crippen LogP contribution < -0.4 is 19.5 Å². The summed E-state index contributed by atoms with van der Waals surface area (Å²) >= 11 is 3.20. The summed E-state index contributed by atoms with van der Waals surface area (Å²) in [6.07, 6.45) is 2.16. The second-order valence-electron chi connectivity index (χ2n) is 6.70. The maximum absolute atomic E-state index is 12.5. The molecule has 2 aromatic carbocycles. The summed E-state index contributed by atoms with van der Waals surface area (Å²) in [4.78, 5) is 25.5. The minimum atomic E-state index is -0.378. The largest absolute Gasteiger partial charge is 0.493 e. The standard InChI is InChI=1S/C23H22BrNO6/c1-28-18-9-15(10-19(29-2)23(18)30-3)11-21(26)25-17-6-4-14(5-7-17)8-16-12-22(27)31-20(16)13-24/h4-7,9-10,12-13H,8,11H2,1-3H3,(H,25,26)/b20-13+. The number of allylic oxidation sites excluding steroid dienone is 1. The first-order chi connectivity index (χ1) is 15.0. The van der Waals surface area contributed by atoms with Gasteiger partial charge in [-0.05, 0) is 35.4 Å². The van der Waals surface area contributed by atoms with E-state index in [4.69, 9.17) is 18.9 Å². The Morgan fingerprint density at radius 1 is 1.03 bits per heavy atom. The predicted octanol–water partition coefficient (Wildman–Crippen LogP) is 4.16. The molecule has 0 bridgehead atoms. The maximum atomic E-state index is 12.5. The Balaban J connectivity index is 1.65. The first-order valence-electron chi connectivity index (χ1n) is 9.38. The van der Waals surface area contributed by atoms with Crippen molar-refractivity contribution in [3.05, 3.63) is 69.9 Å². The van der Waals surface area contributed by atoms with Crippen molar-refractivity contribution in [1.29, 1.82) is 0 Å². The second-order valence-corrected chi connectivity index (χ2v) is 7.15. The van der Waals surface area contributed by atoms with E-state index in [0.717, 1.165) is 16.7 Å². The fourth-order valence-corrected chi connectivity index (χ4v) is 3.59. The van der Waals surface area contributed by atoms with Crippen LogP contribution >= 0.6 is 15.9 Å². The lowest BCUT2D eigenvalue weighted by atomic mass is 10.0. The normalized spacial score (nSPS) is 14.1. The molecule has 8 heteroatoms. The van der Waals surface area contributed by atoms with Gasteiger partial charge in [-0.3, -0.25) is 4.79 Å². The number of ether oxygens (including phenoxy) is 4. The van der Waals surface area contributed by atoms with Crippen molar-refractivity contribution >= 4 is 33.5 Å². The summed E-state index contributed by atoms with van der Waals surface area (Å²) in [5.74, 6) is 1.42. The lowest BCUT2D eigenvalue weighted by Crippen LogP contribution is -2.14. The number of benzene rings is 2. The smallest absolute Gasteiger partial charge is 0.336 e. The van der Waals surface area contributed by atoms with Gasteiger partial charge in [-0.2, -0.15) is 0 Å². The van der Waals surface area contributed by atoms with Gasteiger partial charge in [0.2, 0.25) is 11.7 Å². The first-order valence-corrected chi connectivity index (χ1v) is 10.3. The molecule has 7 nitrogen and oxygen atoms in total. The Morgan fingerprint density at radius 3 is 2.23 bits per heavy atom. The number of cyclic esters (lactones) is 1. The van der Waals surface area contributed by atoms with Gasteiger partial charge in [0.05, 0.1) is 27.8 Å². The van der Waals surface area contributed by atoms with E-state index in [2.05, 4.69) is 21.2 Å². The third-order valence-electron chi connectivity index (χ3n) is 4.64. The summed E-state index contributed by atoms with van der Waals surface area (Å²) in [5.41, 5.74) is 3.18. The molecule has 2 aromatic rings. The van der Waals surface area contributed by atoms with Crippen LogP contribution in [0.4, 0.5) is 5.69 Å². The Labute approximate surface area is 188 Å². The Hall–Kier alpha value is -3.26. The molecule has 0 aromatic heterocycles. The van der Waals surface area contributed by atoms with Crippen LogP contribution in [0.2, 0.25) is 0 Å². The van der Waals surface area contributed by atoms with Gasteiger partial charge in [0.25, 0.3) is 0 Å². The highest BCUT2D eigenvalue weighted by Crippen LogP contribution is 2.38. The summed E-state index contributed by atoms with van der Waals surface area (Å²) in [6, 6.07) is 10.9. The van der Waals surface area contributed by atoms with Crippen LogP contribution in [-0.4, -0.2) is 33.2 Å². The van der Waals surface area contributed by atoms with Gasteiger partial charge in [-0.15, -0.1) is 0 Å². The summed E-state index contributed by atoms with van der Waals surface area (Å²) in [6.45, 7) is 0. The third kappa shape index (κ3) is 5.46. The molecule has 3 rings (SSSR count). The van der Waals surface area contributed by atoms with E-state index in [1.807, 2.05) is 24.3 Å². The van der Waals surface area contributed by atoms with Crippen LogP contribution in [-0.2, 0) is 27.2 Å². The molecule has 1 N–H and O–H groups in total. The number of rotatable bonds is 8. The SMILES string of the molecule is COc1cc(CC(=O)Nc2ccc(CC3=CC(=O)O/C3=C/Br)cc2)cc(OC)c1OC. The molecule has 0 fully saturated rings. The van der Waals surface area contributed by atoms with Crippen molar-refractivity contribution in [3.8, 4) is 17.2 Å². The molecule has 0 spiro atoms. The highest BCUT2D eigenvalue weighted by molar-refractivity contribution is 9.11. The number of halogens is 1. The Kier molecular flexibility index (Phi) is 7.36. The number of esters is 1. The number of anilines is 1. The van der Waals surface area contributed by atoms with Gasteiger partial charge in [-0.1, -0.05) is 28.1 Å². The molecule has 0 atom stereocenters. The molecule has 1 aliphatic heterocycles.